The van der Waals surface area contributed by atoms with Gasteiger partial charge < -0.3 is 4.90 Å². The van der Waals surface area contributed by atoms with E-state index >= 15 is 0 Å². The molecule has 104 valence electrons. The van der Waals surface area contributed by atoms with Crippen LogP contribution in [-0.2, 0) is 9.84 Å². The number of hydrogen-bond acceptors (Lipinski definition) is 4. The van der Waals surface area contributed by atoms with Gasteiger partial charge in [-0.25, -0.2) is 8.42 Å². The average molecular weight is 272 g/mol. The van der Waals surface area contributed by atoms with Crippen LogP contribution in [0.15, 0.2) is 0 Å². The van der Waals surface area contributed by atoms with Crippen molar-refractivity contribution in [3.05, 3.63) is 0 Å². The van der Waals surface area contributed by atoms with Gasteiger partial charge in [-0.1, -0.05) is 0 Å². The van der Waals surface area contributed by atoms with E-state index in [1.54, 1.807) is 20.8 Å². The maximum absolute atomic E-state index is 12.0. The fraction of sp³-hybridized carbons (Fsp3) is 0.923. The first-order valence-electron chi connectivity index (χ1n) is 6.46. The van der Waals surface area contributed by atoms with Crippen LogP contribution in [0.1, 0.15) is 40.5 Å². The van der Waals surface area contributed by atoms with Crippen LogP contribution >= 0.6 is 0 Å². The Hall–Kier alpha value is -0.600. The van der Waals surface area contributed by atoms with E-state index < -0.39 is 14.6 Å². The topological polar surface area (TPSA) is 61.2 Å². The Balaban J connectivity index is 2.47. The van der Waals surface area contributed by atoms with E-state index in [1.807, 2.05) is 6.92 Å². The fourth-order valence-electron chi connectivity index (χ4n) is 1.94. The molecular formula is C13H24N2O2S. The van der Waals surface area contributed by atoms with E-state index in [0.29, 0.717) is 6.54 Å². The molecule has 0 amide bonds. The number of piperidine rings is 1. The highest BCUT2D eigenvalue weighted by Crippen LogP contribution is 2.29. The number of likely N-dealkylation sites (tertiary alicyclic amines) is 1. The SMILES string of the molecule is CC1(C#N)CCN(CCS(=O)(=O)C(C)(C)C)CC1. The summed E-state index contributed by atoms with van der Waals surface area (Å²) in [7, 11) is -3.04. The van der Waals surface area contributed by atoms with E-state index in [0.717, 1.165) is 25.9 Å². The van der Waals surface area contributed by atoms with Crippen molar-refractivity contribution in [2.24, 2.45) is 5.41 Å². The lowest BCUT2D eigenvalue weighted by Gasteiger charge is -2.35. The minimum atomic E-state index is -3.04. The van der Waals surface area contributed by atoms with Crippen molar-refractivity contribution in [1.29, 1.82) is 5.26 Å². The summed E-state index contributed by atoms with van der Waals surface area (Å²) in [6, 6.07) is 2.35. The standard InChI is InChI=1S/C13H24N2O2S/c1-12(2,3)18(16,17)10-9-15-7-5-13(4,11-14)6-8-15/h5-10H2,1-4H3. The Labute approximate surface area is 111 Å². The zero-order chi connectivity index (χ0) is 14.0. The van der Waals surface area contributed by atoms with Gasteiger partial charge in [0.2, 0.25) is 0 Å². The van der Waals surface area contributed by atoms with Crippen molar-refractivity contribution >= 4 is 9.84 Å². The lowest BCUT2D eigenvalue weighted by atomic mass is 9.82. The van der Waals surface area contributed by atoms with Gasteiger partial charge in [-0.15, -0.1) is 0 Å². The minimum Gasteiger partial charge on any atom is -0.302 e. The molecule has 0 aromatic rings. The second-order valence-electron chi connectivity index (χ2n) is 6.45. The van der Waals surface area contributed by atoms with Gasteiger partial charge in [-0.2, -0.15) is 5.26 Å². The molecule has 0 bridgehead atoms. The molecule has 0 atom stereocenters. The molecule has 0 saturated carbocycles. The summed E-state index contributed by atoms with van der Waals surface area (Å²) in [6.07, 6.45) is 1.66. The molecule has 0 unspecified atom stereocenters. The Bertz CT molecular complexity index is 421. The number of nitrogens with zero attached hydrogens (tertiary/aromatic N) is 2. The normalized spacial score (nSPS) is 21.5. The van der Waals surface area contributed by atoms with Crippen molar-refractivity contribution in [3.63, 3.8) is 0 Å². The molecule has 4 nitrogen and oxygen atoms in total. The van der Waals surface area contributed by atoms with Crippen LogP contribution in [0.25, 0.3) is 0 Å². The first-order chi connectivity index (χ1) is 8.10. The van der Waals surface area contributed by atoms with E-state index in [4.69, 9.17) is 5.26 Å². The van der Waals surface area contributed by atoms with Crippen molar-refractivity contribution < 1.29 is 8.42 Å². The summed E-state index contributed by atoms with van der Waals surface area (Å²) in [4.78, 5) is 2.16. The van der Waals surface area contributed by atoms with Crippen LogP contribution < -0.4 is 0 Å². The number of hydrogen-bond donors (Lipinski definition) is 0. The van der Waals surface area contributed by atoms with Gasteiger partial charge in [0.05, 0.1) is 22.0 Å². The van der Waals surface area contributed by atoms with Gasteiger partial charge in [-0.3, -0.25) is 0 Å². The van der Waals surface area contributed by atoms with Crippen molar-refractivity contribution in [3.8, 4) is 6.07 Å². The predicted octanol–water partition coefficient (Wildman–Crippen LogP) is 1.83. The second kappa shape index (κ2) is 5.18. The summed E-state index contributed by atoms with van der Waals surface area (Å²) in [5, 5.41) is 9.04. The zero-order valence-electron chi connectivity index (χ0n) is 11.9. The third kappa shape index (κ3) is 3.69. The van der Waals surface area contributed by atoms with Gasteiger partial charge in [0.15, 0.2) is 9.84 Å². The second-order valence-corrected chi connectivity index (χ2v) is 9.31. The zero-order valence-corrected chi connectivity index (χ0v) is 12.7. The lowest BCUT2D eigenvalue weighted by Crippen LogP contribution is -2.42. The van der Waals surface area contributed by atoms with Crippen molar-refractivity contribution in [1.82, 2.24) is 4.90 Å². The van der Waals surface area contributed by atoms with Crippen LogP contribution in [0.3, 0.4) is 0 Å². The van der Waals surface area contributed by atoms with E-state index in [-0.39, 0.29) is 11.2 Å². The highest BCUT2D eigenvalue weighted by molar-refractivity contribution is 7.92. The third-order valence-electron chi connectivity index (χ3n) is 3.84. The molecule has 0 radical (unpaired) electrons. The van der Waals surface area contributed by atoms with Gasteiger partial charge >= 0.3 is 0 Å². The van der Waals surface area contributed by atoms with Crippen LogP contribution in [0.2, 0.25) is 0 Å². The average Bonchev–Trinajstić information content (AvgIpc) is 2.27. The maximum Gasteiger partial charge on any atom is 0.156 e. The maximum atomic E-state index is 12.0. The number of nitriles is 1. The van der Waals surface area contributed by atoms with Crippen LogP contribution in [0.4, 0.5) is 0 Å². The first-order valence-corrected chi connectivity index (χ1v) is 8.11. The Morgan fingerprint density at radius 1 is 1.28 bits per heavy atom. The molecule has 18 heavy (non-hydrogen) atoms. The van der Waals surface area contributed by atoms with E-state index in [1.165, 1.54) is 0 Å². The van der Waals surface area contributed by atoms with E-state index in [2.05, 4.69) is 11.0 Å². The minimum absolute atomic E-state index is 0.208. The lowest BCUT2D eigenvalue weighted by molar-refractivity contribution is 0.164. The largest absolute Gasteiger partial charge is 0.302 e. The van der Waals surface area contributed by atoms with Gasteiger partial charge in [-0.05, 0) is 53.6 Å². The first kappa shape index (κ1) is 15.5. The third-order valence-corrected chi connectivity index (χ3v) is 6.42. The molecule has 0 N–H and O–H groups in total. The molecule has 0 spiro atoms. The monoisotopic (exact) mass is 272 g/mol. The Morgan fingerprint density at radius 3 is 2.17 bits per heavy atom. The molecule has 1 heterocycles. The highest BCUT2D eigenvalue weighted by atomic mass is 32.2. The predicted molar refractivity (Wildman–Crippen MR) is 72.9 cm³/mol. The van der Waals surface area contributed by atoms with E-state index in [9.17, 15) is 8.42 Å². The molecule has 1 aliphatic rings. The summed E-state index contributed by atoms with van der Waals surface area (Å²) in [6.45, 7) is 9.44. The molecule has 0 aliphatic carbocycles. The molecule has 0 aromatic carbocycles. The van der Waals surface area contributed by atoms with Gasteiger partial charge in [0.25, 0.3) is 0 Å². The molecule has 0 aromatic heterocycles. The molecule has 1 aliphatic heterocycles. The summed E-state index contributed by atoms with van der Waals surface area (Å²) in [5.41, 5.74) is -0.223. The molecule has 5 heteroatoms. The quantitative estimate of drug-likeness (QED) is 0.786. The number of rotatable bonds is 3. The summed E-state index contributed by atoms with van der Waals surface area (Å²) < 4.78 is 23.3. The summed E-state index contributed by atoms with van der Waals surface area (Å²) in [5.74, 6) is 0.208. The van der Waals surface area contributed by atoms with Crippen molar-refractivity contribution in [2.45, 2.75) is 45.3 Å². The van der Waals surface area contributed by atoms with Crippen molar-refractivity contribution in [2.75, 3.05) is 25.4 Å². The molecule has 1 fully saturated rings. The Morgan fingerprint density at radius 2 is 1.78 bits per heavy atom. The summed E-state index contributed by atoms with van der Waals surface area (Å²) >= 11 is 0. The molecule has 1 rings (SSSR count). The molecular weight excluding hydrogens is 248 g/mol. The number of sulfone groups is 1. The van der Waals surface area contributed by atoms with Crippen LogP contribution in [0.5, 0.6) is 0 Å². The smallest absolute Gasteiger partial charge is 0.156 e. The van der Waals surface area contributed by atoms with Crippen LogP contribution in [0, 0.1) is 16.7 Å². The van der Waals surface area contributed by atoms with Crippen LogP contribution in [-0.4, -0.2) is 43.5 Å². The fourth-order valence-corrected chi connectivity index (χ4v) is 3.05. The Kier molecular flexibility index (Phi) is 4.45. The van der Waals surface area contributed by atoms with Gasteiger partial charge in [0, 0.05) is 6.54 Å². The van der Waals surface area contributed by atoms with Gasteiger partial charge in [0.1, 0.15) is 0 Å². The molecule has 1 saturated heterocycles. The highest BCUT2D eigenvalue weighted by Gasteiger charge is 2.32.